The predicted molar refractivity (Wildman–Crippen MR) is 44.4 cm³/mol. The summed E-state index contributed by atoms with van der Waals surface area (Å²) in [5.74, 6) is 0. The van der Waals surface area contributed by atoms with Gasteiger partial charge >= 0.3 is 0 Å². The fourth-order valence-corrected chi connectivity index (χ4v) is 1.35. The van der Waals surface area contributed by atoms with Gasteiger partial charge < -0.3 is 4.74 Å². The largest absolute Gasteiger partial charge is 0.348 e. The van der Waals surface area contributed by atoms with Crippen LogP contribution >= 0.6 is 0 Å². The van der Waals surface area contributed by atoms with E-state index in [9.17, 15) is 0 Å². The van der Waals surface area contributed by atoms with E-state index in [0.717, 1.165) is 5.56 Å². The Morgan fingerprint density at radius 2 is 2.17 bits per heavy atom. The van der Waals surface area contributed by atoms with E-state index in [1.165, 1.54) is 5.56 Å². The molecule has 12 heavy (non-hydrogen) atoms. The van der Waals surface area contributed by atoms with Crippen LogP contribution in [0, 0.1) is 18.3 Å². The van der Waals surface area contributed by atoms with Crippen molar-refractivity contribution in [1.29, 1.82) is 5.26 Å². The van der Waals surface area contributed by atoms with Gasteiger partial charge in [0.2, 0.25) is 0 Å². The maximum absolute atomic E-state index is 8.55. The number of aryl methyl sites for hydroxylation is 1. The van der Waals surface area contributed by atoms with Crippen LogP contribution < -0.4 is 0 Å². The molecule has 2 heteroatoms. The lowest BCUT2D eigenvalue weighted by Gasteiger charge is -1.98. The first kappa shape index (κ1) is 7.33. The molecule has 1 saturated heterocycles. The summed E-state index contributed by atoms with van der Waals surface area (Å²) >= 11 is 0. The summed E-state index contributed by atoms with van der Waals surface area (Å²) in [7, 11) is 0. The van der Waals surface area contributed by atoms with E-state index in [0.29, 0.717) is 0 Å². The lowest BCUT2D eigenvalue weighted by atomic mass is 10.0. The van der Waals surface area contributed by atoms with Crippen LogP contribution in [-0.2, 0) is 4.74 Å². The highest BCUT2D eigenvalue weighted by Gasteiger charge is 2.40. The van der Waals surface area contributed by atoms with E-state index in [1.54, 1.807) is 0 Å². The molecule has 1 heterocycles. The van der Waals surface area contributed by atoms with Gasteiger partial charge in [0.15, 0.2) is 6.10 Å². The number of hydrogen-bond donors (Lipinski definition) is 0. The molecule has 0 saturated carbocycles. The first-order chi connectivity index (χ1) is 5.83. The Bertz CT molecular complexity index is 340. The van der Waals surface area contributed by atoms with Crippen LogP contribution in [0.3, 0.4) is 0 Å². The minimum absolute atomic E-state index is 0.0243. The monoisotopic (exact) mass is 159 g/mol. The van der Waals surface area contributed by atoms with Crippen LogP contribution in [0.1, 0.15) is 17.2 Å². The van der Waals surface area contributed by atoms with E-state index in [-0.39, 0.29) is 12.2 Å². The summed E-state index contributed by atoms with van der Waals surface area (Å²) < 4.78 is 5.17. The molecule has 1 aromatic carbocycles. The van der Waals surface area contributed by atoms with Crippen molar-refractivity contribution in [3.63, 3.8) is 0 Å². The van der Waals surface area contributed by atoms with E-state index in [1.807, 2.05) is 31.2 Å². The molecule has 0 amide bonds. The molecule has 60 valence electrons. The molecule has 0 aromatic heterocycles. The van der Waals surface area contributed by atoms with Crippen molar-refractivity contribution in [3.05, 3.63) is 35.4 Å². The minimum atomic E-state index is -0.217. The van der Waals surface area contributed by atoms with Gasteiger partial charge in [-0.1, -0.05) is 24.3 Å². The Morgan fingerprint density at radius 3 is 2.75 bits per heavy atom. The van der Waals surface area contributed by atoms with Crippen molar-refractivity contribution in [2.24, 2.45) is 0 Å². The van der Waals surface area contributed by atoms with E-state index in [4.69, 9.17) is 10.00 Å². The number of nitriles is 1. The molecule has 2 nitrogen and oxygen atoms in total. The zero-order valence-electron chi connectivity index (χ0n) is 6.82. The Hall–Kier alpha value is -1.33. The number of ether oxygens (including phenoxy) is 1. The SMILES string of the molecule is Cc1ccccc1[C@@H]1O[C@H]1C#N. The lowest BCUT2D eigenvalue weighted by molar-refractivity contribution is 0.395. The molecular formula is C10H9NO. The second-order valence-corrected chi connectivity index (χ2v) is 2.96. The summed E-state index contributed by atoms with van der Waals surface area (Å²) in [6.45, 7) is 2.03. The van der Waals surface area contributed by atoms with E-state index in [2.05, 4.69) is 6.07 Å². The molecule has 0 bridgehead atoms. The molecule has 1 aliphatic heterocycles. The first-order valence-electron chi connectivity index (χ1n) is 3.93. The Kier molecular flexibility index (Phi) is 1.60. The zero-order valence-corrected chi connectivity index (χ0v) is 6.82. The molecule has 0 N–H and O–H groups in total. The fourth-order valence-electron chi connectivity index (χ4n) is 1.35. The molecule has 0 radical (unpaired) electrons. The zero-order chi connectivity index (χ0) is 8.55. The van der Waals surface area contributed by atoms with Crippen molar-refractivity contribution >= 4 is 0 Å². The van der Waals surface area contributed by atoms with Gasteiger partial charge in [0.1, 0.15) is 6.10 Å². The van der Waals surface area contributed by atoms with Crippen molar-refractivity contribution in [2.75, 3.05) is 0 Å². The summed E-state index contributed by atoms with van der Waals surface area (Å²) in [5.41, 5.74) is 2.34. The quantitative estimate of drug-likeness (QED) is 0.587. The van der Waals surface area contributed by atoms with E-state index >= 15 is 0 Å². The first-order valence-corrected chi connectivity index (χ1v) is 3.93. The van der Waals surface area contributed by atoms with Crippen molar-refractivity contribution in [3.8, 4) is 6.07 Å². The Balaban J connectivity index is 2.26. The van der Waals surface area contributed by atoms with Crippen LogP contribution in [-0.4, -0.2) is 6.10 Å². The molecule has 2 atom stereocenters. The van der Waals surface area contributed by atoms with Gasteiger partial charge in [-0.05, 0) is 18.1 Å². The van der Waals surface area contributed by atoms with Crippen LogP contribution in [0.25, 0.3) is 0 Å². The standard InChI is InChI=1S/C10H9NO/c1-7-4-2-3-5-8(7)10-9(6-11)12-10/h2-5,9-10H,1H3/t9-,10-/m0/s1. The van der Waals surface area contributed by atoms with Crippen LogP contribution in [0.15, 0.2) is 24.3 Å². The molecule has 2 rings (SSSR count). The summed E-state index contributed by atoms with van der Waals surface area (Å²) in [4.78, 5) is 0. The second kappa shape index (κ2) is 2.62. The normalized spacial score (nSPS) is 26.3. The Labute approximate surface area is 71.4 Å². The highest BCUT2D eigenvalue weighted by Crippen LogP contribution is 2.39. The highest BCUT2D eigenvalue weighted by atomic mass is 16.6. The van der Waals surface area contributed by atoms with Crippen LogP contribution in [0.2, 0.25) is 0 Å². The third-order valence-electron chi connectivity index (χ3n) is 2.11. The third kappa shape index (κ3) is 1.09. The maximum Gasteiger partial charge on any atom is 0.175 e. The molecule has 1 fully saturated rings. The number of nitrogens with zero attached hydrogens (tertiary/aromatic N) is 1. The van der Waals surface area contributed by atoms with Gasteiger partial charge in [-0.15, -0.1) is 0 Å². The van der Waals surface area contributed by atoms with Gasteiger partial charge in [0.05, 0.1) is 6.07 Å². The smallest absolute Gasteiger partial charge is 0.175 e. The van der Waals surface area contributed by atoms with Gasteiger partial charge in [0.25, 0.3) is 0 Å². The number of hydrogen-bond acceptors (Lipinski definition) is 2. The topological polar surface area (TPSA) is 36.3 Å². The predicted octanol–water partition coefficient (Wildman–Crippen LogP) is 1.96. The number of epoxide rings is 1. The van der Waals surface area contributed by atoms with Crippen LogP contribution in [0.5, 0.6) is 0 Å². The van der Waals surface area contributed by atoms with Crippen LogP contribution in [0.4, 0.5) is 0 Å². The van der Waals surface area contributed by atoms with Gasteiger partial charge in [-0.25, -0.2) is 0 Å². The number of rotatable bonds is 1. The molecule has 0 aliphatic carbocycles. The van der Waals surface area contributed by atoms with Gasteiger partial charge in [-0.2, -0.15) is 5.26 Å². The molecule has 1 aromatic rings. The second-order valence-electron chi connectivity index (χ2n) is 2.96. The Morgan fingerprint density at radius 1 is 1.42 bits per heavy atom. The number of benzene rings is 1. The van der Waals surface area contributed by atoms with Crippen molar-refractivity contribution in [1.82, 2.24) is 0 Å². The van der Waals surface area contributed by atoms with Gasteiger partial charge in [-0.3, -0.25) is 0 Å². The summed E-state index contributed by atoms with van der Waals surface area (Å²) in [5, 5.41) is 8.55. The lowest BCUT2D eigenvalue weighted by Crippen LogP contribution is -1.88. The minimum Gasteiger partial charge on any atom is -0.348 e. The molecule has 1 aliphatic rings. The fraction of sp³-hybridized carbons (Fsp3) is 0.300. The van der Waals surface area contributed by atoms with Gasteiger partial charge in [0, 0.05) is 0 Å². The molecule has 0 unspecified atom stereocenters. The summed E-state index contributed by atoms with van der Waals surface area (Å²) in [6, 6.07) is 10.1. The maximum atomic E-state index is 8.55. The summed E-state index contributed by atoms with van der Waals surface area (Å²) in [6.07, 6.45) is -0.192. The molecular weight excluding hydrogens is 150 g/mol. The highest BCUT2D eigenvalue weighted by molar-refractivity contribution is 5.32. The van der Waals surface area contributed by atoms with Crippen molar-refractivity contribution in [2.45, 2.75) is 19.1 Å². The average Bonchev–Trinajstić information content (AvgIpc) is 2.84. The average molecular weight is 159 g/mol. The third-order valence-corrected chi connectivity index (χ3v) is 2.11. The molecule has 0 spiro atoms. The van der Waals surface area contributed by atoms with Crippen molar-refractivity contribution < 1.29 is 4.74 Å². The van der Waals surface area contributed by atoms with E-state index < -0.39 is 0 Å².